The van der Waals surface area contributed by atoms with Gasteiger partial charge >= 0.3 is 0 Å². The Kier molecular flexibility index (Phi) is 3.23. The topological polar surface area (TPSA) is 81.0 Å². The molecule has 0 saturated heterocycles. The molecule has 0 rings (SSSR count). The van der Waals surface area contributed by atoms with E-state index in [0.29, 0.717) is 0 Å². The maximum absolute atomic E-state index is 9.40. The van der Waals surface area contributed by atoms with E-state index in [1.165, 1.54) is 0 Å². The average Bonchev–Trinajstić information content (AvgIpc) is 1.66. The van der Waals surface area contributed by atoms with Crippen LogP contribution in [0.1, 0.15) is 6.42 Å². The normalized spacial score (nSPS) is 7.38. The summed E-state index contributed by atoms with van der Waals surface area (Å²) >= 11 is 0. The molecule has 0 aliphatic heterocycles. The highest BCUT2D eigenvalue weighted by atomic mass is 16.7. The minimum Gasteiger partial charge on any atom is -0.378 e. The first kappa shape index (κ1) is 6.69. The van der Waals surface area contributed by atoms with Crippen LogP contribution in [-0.2, 0) is 0 Å². The second-order valence-corrected chi connectivity index (χ2v) is 1.01. The summed E-state index contributed by atoms with van der Waals surface area (Å²) in [5.41, 5.74) is 2.81. The van der Waals surface area contributed by atoms with E-state index in [9.17, 15) is 10.1 Å². The lowest BCUT2D eigenvalue weighted by Crippen LogP contribution is -1.91. The minimum atomic E-state index is -0.794. The molecule has 0 amide bonds. The number of nitriles is 1. The molecule has 0 N–H and O–H groups in total. The molecule has 0 aromatic rings. The first-order valence-electron chi connectivity index (χ1n) is 1.96. The molecule has 0 aromatic carbocycles. The van der Waals surface area contributed by atoms with Gasteiger partial charge in [0.15, 0.2) is 0 Å². The molecular formula is C3H4N3O2-. The SMILES string of the molecule is N#CCC[N-][N+](=O)[O-]. The third-order valence-corrected chi connectivity index (χ3v) is 0.439. The molecule has 5 nitrogen and oxygen atoms in total. The van der Waals surface area contributed by atoms with E-state index in [1.807, 2.05) is 0 Å². The van der Waals surface area contributed by atoms with Crippen LogP contribution in [0.3, 0.4) is 0 Å². The van der Waals surface area contributed by atoms with Crippen LogP contribution in [0.15, 0.2) is 0 Å². The molecule has 0 radical (unpaired) electrons. The summed E-state index contributed by atoms with van der Waals surface area (Å²) in [6, 6.07) is 1.72. The molecule has 0 bridgehead atoms. The second kappa shape index (κ2) is 3.87. The monoisotopic (exact) mass is 114 g/mol. The molecule has 0 saturated carbocycles. The van der Waals surface area contributed by atoms with E-state index in [1.54, 1.807) is 6.07 Å². The second-order valence-electron chi connectivity index (χ2n) is 1.01. The van der Waals surface area contributed by atoms with Gasteiger partial charge in [0, 0.05) is 6.42 Å². The number of hydrogen-bond acceptors (Lipinski definition) is 3. The van der Waals surface area contributed by atoms with Gasteiger partial charge in [-0.05, 0) is 5.03 Å². The number of hydrogen-bond donors (Lipinski definition) is 0. The van der Waals surface area contributed by atoms with Crippen LogP contribution in [0.2, 0.25) is 0 Å². The van der Waals surface area contributed by atoms with Crippen molar-refractivity contribution in [3.8, 4) is 6.07 Å². The quantitative estimate of drug-likeness (QED) is 0.303. The molecule has 0 heterocycles. The summed E-state index contributed by atoms with van der Waals surface area (Å²) in [5, 5.41) is 16.5. The van der Waals surface area contributed by atoms with E-state index in [4.69, 9.17) is 5.26 Å². The van der Waals surface area contributed by atoms with Gasteiger partial charge in [-0.15, -0.1) is 0 Å². The zero-order valence-corrected chi connectivity index (χ0v) is 4.07. The zero-order chi connectivity index (χ0) is 6.41. The highest BCUT2D eigenvalue weighted by Crippen LogP contribution is 1.87. The third kappa shape index (κ3) is 4.69. The van der Waals surface area contributed by atoms with Gasteiger partial charge in [-0.25, -0.2) is 0 Å². The molecule has 5 heteroatoms. The van der Waals surface area contributed by atoms with Gasteiger partial charge in [0.05, 0.1) is 6.07 Å². The van der Waals surface area contributed by atoms with Crippen molar-refractivity contribution < 1.29 is 5.03 Å². The Labute approximate surface area is 46.0 Å². The Bertz CT molecular complexity index is 116. The fourth-order valence-corrected chi connectivity index (χ4v) is 0.182. The lowest BCUT2D eigenvalue weighted by Gasteiger charge is -2.02. The maximum Gasteiger partial charge on any atom is 0.0607 e. The predicted octanol–water partition coefficient (Wildman–Crippen LogP) is 0.465. The van der Waals surface area contributed by atoms with Gasteiger partial charge in [-0.3, -0.25) is 10.1 Å². The Morgan fingerprint density at radius 1 is 1.88 bits per heavy atom. The lowest BCUT2D eigenvalue weighted by molar-refractivity contribution is -0.426. The standard InChI is InChI=1S/C3H4N3O2/c4-2-1-3-5-6(7)8/h1,3H2/q-1. The summed E-state index contributed by atoms with van der Waals surface area (Å²) in [6.07, 6.45) is 0.112. The van der Waals surface area contributed by atoms with Gasteiger partial charge in [-0.2, -0.15) is 5.26 Å². The molecule has 0 fully saturated rings. The molecule has 8 heavy (non-hydrogen) atoms. The maximum atomic E-state index is 9.40. The van der Waals surface area contributed by atoms with Gasteiger partial charge < -0.3 is 5.43 Å². The number of nitrogens with zero attached hydrogens (tertiary/aromatic N) is 3. The van der Waals surface area contributed by atoms with Crippen molar-refractivity contribution in [1.82, 2.24) is 0 Å². The van der Waals surface area contributed by atoms with E-state index >= 15 is 0 Å². The molecule has 0 aliphatic rings. The van der Waals surface area contributed by atoms with Crippen molar-refractivity contribution in [3.05, 3.63) is 15.5 Å². The summed E-state index contributed by atoms with van der Waals surface area (Å²) in [7, 11) is 0. The molecular weight excluding hydrogens is 110 g/mol. The van der Waals surface area contributed by atoms with Crippen LogP contribution in [0, 0.1) is 21.4 Å². The van der Waals surface area contributed by atoms with E-state index in [0.717, 1.165) is 0 Å². The molecule has 0 aliphatic carbocycles. The van der Waals surface area contributed by atoms with Gasteiger partial charge in [0.1, 0.15) is 0 Å². The van der Waals surface area contributed by atoms with E-state index in [2.05, 4.69) is 5.43 Å². The van der Waals surface area contributed by atoms with Crippen LogP contribution in [-0.4, -0.2) is 11.6 Å². The smallest absolute Gasteiger partial charge is 0.0607 e. The van der Waals surface area contributed by atoms with Crippen molar-refractivity contribution >= 4 is 0 Å². The van der Waals surface area contributed by atoms with Gasteiger partial charge in [0.25, 0.3) is 0 Å². The van der Waals surface area contributed by atoms with Crippen LogP contribution in [0.5, 0.6) is 0 Å². The average molecular weight is 114 g/mol. The van der Waals surface area contributed by atoms with E-state index in [-0.39, 0.29) is 13.0 Å². The Morgan fingerprint density at radius 2 is 2.50 bits per heavy atom. The van der Waals surface area contributed by atoms with Crippen molar-refractivity contribution in [3.63, 3.8) is 0 Å². The molecule has 0 aromatic heterocycles. The molecule has 0 unspecified atom stereocenters. The number of nitro groups is 1. The Hall–Kier alpha value is -1.31. The fourth-order valence-electron chi connectivity index (χ4n) is 0.182. The Morgan fingerprint density at radius 3 is 2.88 bits per heavy atom. The van der Waals surface area contributed by atoms with Crippen molar-refractivity contribution in [2.75, 3.05) is 6.54 Å². The summed E-state index contributed by atoms with van der Waals surface area (Å²) in [4.78, 5) is 9.40. The first-order chi connectivity index (χ1) is 3.77. The van der Waals surface area contributed by atoms with Crippen molar-refractivity contribution in [1.29, 1.82) is 5.26 Å². The van der Waals surface area contributed by atoms with E-state index < -0.39 is 5.03 Å². The largest absolute Gasteiger partial charge is 0.378 e. The predicted molar refractivity (Wildman–Crippen MR) is 25.5 cm³/mol. The summed E-state index contributed by atoms with van der Waals surface area (Å²) < 4.78 is 0. The van der Waals surface area contributed by atoms with Crippen molar-refractivity contribution in [2.24, 2.45) is 0 Å². The van der Waals surface area contributed by atoms with Crippen molar-refractivity contribution in [2.45, 2.75) is 6.42 Å². The number of rotatable bonds is 3. The molecule has 0 atom stereocenters. The zero-order valence-electron chi connectivity index (χ0n) is 4.07. The van der Waals surface area contributed by atoms with Gasteiger partial charge in [-0.1, -0.05) is 6.54 Å². The lowest BCUT2D eigenvalue weighted by atomic mass is 10.5. The van der Waals surface area contributed by atoms with Crippen LogP contribution >= 0.6 is 0 Å². The first-order valence-corrected chi connectivity index (χ1v) is 1.96. The highest BCUT2D eigenvalue weighted by molar-refractivity contribution is 4.75. The highest BCUT2D eigenvalue weighted by Gasteiger charge is 1.75. The third-order valence-electron chi connectivity index (χ3n) is 0.439. The van der Waals surface area contributed by atoms with Gasteiger partial charge in [0.2, 0.25) is 0 Å². The minimum absolute atomic E-state index is 0.0104. The van der Waals surface area contributed by atoms with Crippen LogP contribution < -0.4 is 0 Å². The molecule has 44 valence electrons. The van der Waals surface area contributed by atoms with Crippen LogP contribution in [0.25, 0.3) is 5.43 Å². The van der Waals surface area contributed by atoms with Crippen LogP contribution in [0.4, 0.5) is 0 Å². The fraction of sp³-hybridized carbons (Fsp3) is 0.667. The Balaban J connectivity index is 2.97. The molecule has 0 spiro atoms. The summed E-state index contributed by atoms with van der Waals surface area (Å²) in [5.74, 6) is 0. The summed E-state index contributed by atoms with van der Waals surface area (Å²) in [6.45, 7) is -0.0104.